The molecule has 2 aromatic rings. The van der Waals surface area contributed by atoms with Gasteiger partial charge in [-0.1, -0.05) is 25.5 Å². The Morgan fingerprint density at radius 1 is 1.26 bits per heavy atom. The van der Waals surface area contributed by atoms with Crippen LogP contribution < -0.4 is 5.73 Å². The molecule has 0 saturated heterocycles. The zero-order chi connectivity index (χ0) is 13.8. The summed E-state index contributed by atoms with van der Waals surface area (Å²) in [6, 6.07) is 5.59. The second kappa shape index (κ2) is 5.61. The van der Waals surface area contributed by atoms with Crippen LogP contribution in [-0.4, -0.2) is 15.9 Å². The van der Waals surface area contributed by atoms with Crippen LogP contribution in [0.4, 0.5) is 0 Å². The lowest BCUT2D eigenvalue weighted by Crippen LogP contribution is -2.14. The number of aryl methyl sites for hydroxylation is 1. The van der Waals surface area contributed by atoms with Gasteiger partial charge in [-0.15, -0.1) is 0 Å². The molecule has 0 radical (unpaired) electrons. The summed E-state index contributed by atoms with van der Waals surface area (Å²) in [5.41, 5.74) is 8.90. The van der Waals surface area contributed by atoms with Crippen LogP contribution in [0.5, 0.6) is 0 Å². The maximum absolute atomic E-state index is 11.5. The highest BCUT2D eigenvalue weighted by Crippen LogP contribution is 2.26. The zero-order valence-electron chi connectivity index (χ0n) is 11.2. The molecule has 1 amide bonds. The van der Waals surface area contributed by atoms with E-state index in [2.05, 4.69) is 16.9 Å². The predicted octanol–water partition coefficient (Wildman–Crippen LogP) is 2.50. The summed E-state index contributed by atoms with van der Waals surface area (Å²) in [5.74, 6) is 0.338. The van der Waals surface area contributed by atoms with Crippen molar-refractivity contribution in [3.8, 4) is 11.1 Å². The molecule has 1 heterocycles. The Kier molecular flexibility index (Phi) is 3.90. The third kappa shape index (κ3) is 2.78. The van der Waals surface area contributed by atoms with Gasteiger partial charge in [-0.05, 0) is 30.5 Å². The lowest BCUT2D eigenvalue weighted by atomic mass is 9.93. The molecule has 4 nitrogen and oxygen atoms in total. The lowest BCUT2D eigenvalue weighted by molar-refractivity contribution is 0.0999. The van der Waals surface area contributed by atoms with Crippen LogP contribution in [0.2, 0.25) is 0 Å². The first kappa shape index (κ1) is 13.2. The minimum Gasteiger partial charge on any atom is -0.366 e. The molecule has 0 aliphatic carbocycles. The summed E-state index contributed by atoms with van der Waals surface area (Å²) < 4.78 is 0. The molecular weight excluding hydrogens is 238 g/mol. The van der Waals surface area contributed by atoms with Crippen LogP contribution in [0.3, 0.4) is 0 Å². The Morgan fingerprint density at radius 3 is 2.53 bits per heavy atom. The summed E-state index contributed by atoms with van der Waals surface area (Å²) >= 11 is 0. The maximum atomic E-state index is 11.5. The highest BCUT2D eigenvalue weighted by atomic mass is 16.1. The van der Waals surface area contributed by atoms with Gasteiger partial charge in [0.15, 0.2) is 0 Å². The van der Waals surface area contributed by atoms with Crippen molar-refractivity contribution in [1.29, 1.82) is 0 Å². The van der Waals surface area contributed by atoms with Gasteiger partial charge >= 0.3 is 0 Å². The number of nitrogens with zero attached hydrogens (tertiary/aromatic N) is 2. The number of amides is 1. The second-order valence-electron chi connectivity index (χ2n) is 4.46. The topological polar surface area (TPSA) is 68.9 Å². The second-order valence-corrected chi connectivity index (χ2v) is 4.46. The number of hydrogen-bond acceptors (Lipinski definition) is 3. The number of nitrogens with two attached hydrogens (primary N) is 1. The van der Waals surface area contributed by atoms with Crippen molar-refractivity contribution in [3.63, 3.8) is 0 Å². The van der Waals surface area contributed by atoms with Gasteiger partial charge in [-0.25, -0.2) is 9.97 Å². The van der Waals surface area contributed by atoms with E-state index < -0.39 is 5.91 Å². The largest absolute Gasteiger partial charge is 0.366 e. The molecular formula is C15H17N3O. The highest BCUT2D eigenvalue weighted by Gasteiger charge is 2.13. The van der Waals surface area contributed by atoms with Gasteiger partial charge in [-0.3, -0.25) is 4.79 Å². The molecule has 0 aliphatic heterocycles. The molecule has 2 N–H and O–H groups in total. The fourth-order valence-corrected chi connectivity index (χ4v) is 2.14. The van der Waals surface area contributed by atoms with Crippen LogP contribution >= 0.6 is 0 Å². The van der Waals surface area contributed by atoms with E-state index in [1.54, 1.807) is 18.5 Å². The zero-order valence-corrected chi connectivity index (χ0v) is 11.2. The molecule has 0 aliphatic rings. The molecule has 0 bridgehead atoms. The van der Waals surface area contributed by atoms with E-state index in [0.717, 1.165) is 35.4 Å². The summed E-state index contributed by atoms with van der Waals surface area (Å²) in [5, 5.41) is 0. The van der Waals surface area contributed by atoms with Gasteiger partial charge in [0.05, 0.1) is 0 Å². The van der Waals surface area contributed by atoms with Crippen LogP contribution in [0.25, 0.3) is 11.1 Å². The number of carbonyl (C=O) groups excluding carboxylic acids is 1. The van der Waals surface area contributed by atoms with Crippen molar-refractivity contribution >= 4 is 5.91 Å². The fourth-order valence-electron chi connectivity index (χ4n) is 2.14. The average Bonchev–Trinajstić information content (AvgIpc) is 2.40. The maximum Gasteiger partial charge on any atom is 0.248 e. The van der Waals surface area contributed by atoms with Gasteiger partial charge in [-0.2, -0.15) is 0 Å². The van der Waals surface area contributed by atoms with Gasteiger partial charge in [0.2, 0.25) is 5.91 Å². The van der Waals surface area contributed by atoms with E-state index in [9.17, 15) is 4.79 Å². The summed E-state index contributed by atoms with van der Waals surface area (Å²) in [4.78, 5) is 19.9. The minimum absolute atomic E-state index is 0.390. The molecule has 0 saturated carbocycles. The summed E-state index contributed by atoms with van der Waals surface area (Å²) in [7, 11) is 0. The molecule has 1 aromatic carbocycles. The Balaban J connectivity index is 2.58. The Hall–Kier alpha value is -2.23. The minimum atomic E-state index is -0.390. The number of carbonyl (C=O) groups is 1. The van der Waals surface area contributed by atoms with Crippen LogP contribution in [0, 0.1) is 6.92 Å². The van der Waals surface area contributed by atoms with E-state index in [4.69, 9.17) is 5.73 Å². The van der Waals surface area contributed by atoms with Crippen LogP contribution in [0.15, 0.2) is 30.6 Å². The van der Waals surface area contributed by atoms with Gasteiger partial charge in [0.25, 0.3) is 0 Å². The van der Waals surface area contributed by atoms with Crippen molar-refractivity contribution in [3.05, 3.63) is 47.5 Å². The molecule has 0 spiro atoms. The van der Waals surface area contributed by atoms with Crippen molar-refractivity contribution in [2.75, 3.05) is 0 Å². The molecule has 2 rings (SSSR count). The number of aromatic nitrogens is 2. The summed E-state index contributed by atoms with van der Waals surface area (Å²) in [6.45, 7) is 3.92. The van der Waals surface area contributed by atoms with Gasteiger partial charge < -0.3 is 5.73 Å². The Morgan fingerprint density at radius 2 is 1.95 bits per heavy atom. The molecule has 0 fully saturated rings. The third-order valence-corrected chi connectivity index (χ3v) is 3.03. The summed E-state index contributed by atoms with van der Waals surface area (Å²) in [6.07, 6.45) is 5.32. The average molecular weight is 255 g/mol. The molecule has 1 aromatic heterocycles. The third-order valence-electron chi connectivity index (χ3n) is 3.03. The van der Waals surface area contributed by atoms with E-state index in [0.29, 0.717) is 5.56 Å². The standard InChI is InChI=1S/C15H17N3O/c1-3-5-13-12(6-4-7-14(13)15(16)19)11-8-17-10(2)18-9-11/h4,6-9H,3,5H2,1-2H3,(H2,16,19). The van der Waals surface area contributed by atoms with E-state index in [1.807, 2.05) is 19.1 Å². The first-order valence-electron chi connectivity index (χ1n) is 6.34. The molecule has 0 atom stereocenters. The van der Waals surface area contributed by atoms with E-state index in [1.165, 1.54) is 0 Å². The van der Waals surface area contributed by atoms with Crippen molar-refractivity contribution in [2.45, 2.75) is 26.7 Å². The SMILES string of the molecule is CCCc1c(C(N)=O)cccc1-c1cnc(C)nc1. The molecule has 0 unspecified atom stereocenters. The molecule has 98 valence electrons. The fraction of sp³-hybridized carbons (Fsp3) is 0.267. The first-order valence-corrected chi connectivity index (χ1v) is 6.34. The molecule has 4 heteroatoms. The Labute approximate surface area is 112 Å². The number of primary amides is 1. The normalized spacial score (nSPS) is 10.4. The first-order chi connectivity index (χ1) is 9.13. The van der Waals surface area contributed by atoms with Crippen molar-refractivity contribution < 1.29 is 4.79 Å². The van der Waals surface area contributed by atoms with Crippen molar-refractivity contribution in [2.24, 2.45) is 5.73 Å². The smallest absolute Gasteiger partial charge is 0.248 e. The van der Waals surface area contributed by atoms with Crippen molar-refractivity contribution in [1.82, 2.24) is 9.97 Å². The Bertz CT molecular complexity index is 591. The number of hydrogen-bond donors (Lipinski definition) is 1. The van der Waals surface area contributed by atoms with Gasteiger partial charge in [0, 0.05) is 23.5 Å². The van der Waals surface area contributed by atoms with E-state index >= 15 is 0 Å². The predicted molar refractivity (Wildman–Crippen MR) is 74.7 cm³/mol. The van der Waals surface area contributed by atoms with E-state index in [-0.39, 0.29) is 0 Å². The number of benzene rings is 1. The van der Waals surface area contributed by atoms with Crippen LogP contribution in [0.1, 0.15) is 35.1 Å². The quantitative estimate of drug-likeness (QED) is 0.912. The van der Waals surface area contributed by atoms with Gasteiger partial charge in [0.1, 0.15) is 5.82 Å². The number of rotatable bonds is 4. The van der Waals surface area contributed by atoms with Crippen LogP contribution in [-0.2, 0) is 6.42 Å². The highest BCUT2D eigenvalue weighted by molar-refractivity contribution is 5.96. The monoisotopic (exact) mass is 255 g/mol. The molecule has 19 heavy (non-hydrogen) atoms. The lowest BCUT2D eigenvalue weighted by Gasteiger charge is -2.12.